The molecule has 0 aliphatic carbocycles. The maximum atomic E-state index is 13.9. The molecule has 1 unspecified atom stereocenters. The lowest BCUT2D eigenvalue weighted by molar-refractivity contribution is 0.193. The maximum Gasteiger partial charge on any atom is 0.131 e. The summed E-state index contributed by atoms with van der Waals surface area (Å²) in [6.45, 7) is 5.64. The van der Waals surface area contributed by atoms with Gasteiger partial charge in [-0.2, -0.15) is 5.10 Å². The van der Waals surface area contributed by atoms with E-state index in [4.69, 9.17) is 0 Å². The van der Waals surface area contributed by atoms with Crippen LogP contribution < -0.4 is 0 Å². The first kappa shape index (κ1) is 13.7. The molecule has 0 fully saturated rings. The Morgan fingerprint density at radius 2 is 2.05 bits per heavy atom. The van der Waals surface area contributed by atoms with Gasteiger partial charge in [-0.1, -0.05) is 19.9 Å². The Labute approximate surface area is 112 Å². The molecule has 3 nitrogen and oxygen atoms in total. The van der Waals surface area contributed by atoms with Gasteiger partial charge in [-0.05, 0) is 38.0 Å². The molecule has 1 aromatic heterocycles. The lowest BCUT2D eigenvalue weighted by atomic mass is 10.1. The minimum atomic E-state index is -0.866. The smallest absolute Gasteiger partial charge is 0.131 e. The summed E-state index contributed by atoms with van der Waals surface area (Å²) in [6, 6.07) is 6.82. The van der Waals surface area contributed by atoms with E-state index in [1.54, 1.807) is 23.7 Å². The fourth-order valence-electron chi connectivity index (χ4n) is 2.23. The molecule has 1 N–H and O–H groups in total. The highest BCUT2D eigenvalue weighted by atomic mass is 19.1. The summed E-state index contributed by atoms with van der Waals surface area (Å²) < 4.78 is 15.6. The van der Waals surface area contributed by atoms with Crippen LogP contribution in [0.5, 0.6) is 0 Å². The van der Waals surface area contributed by atoms with Crippen molar-refractivity contribution in [2.24, 2.45) is 0 Å². The van der Waals surface area contributed by atoms with Gasteiger partial charge in [0, 0.05) is 11.3 Å². The average molecular weight is 262 g/mol. The molecule has 0 amide bonds. The van der Waals surface area contributed by atoms with Crippen molar-refractivity contribution in [2.45, 2.75) is 39.7 Å². The molecule has 0 radical (unpaired) electrons. The number of aromatic nitrogens is 2. The second kappa shape index (κ2) is 5.53. The number of rotatable bonds is 4. The molecule has 1 atom stereocenters. The summed E-state index contributed by atoms with van der Waals surface area (Å²) in [5.74, 6) is -0.400. The SMILES string of the molecule is CCc1cc(CC)n(-c2cccc(F)c2C(C)O)n1. The van der Waals surface area contributed by atoms with E-state index >= 15 is 0 Å². The van der Waals surface area contributed by atoms with Crippen molar-refractivity contribution in [1.82, 2.24) is 9.78 Å². The van der Waals surface area contributed by atoms with Crippen LogP contribution >= 0.6 is 0 Å². The molecule has 0 saturated carbocycles. The van der Waals surface area contributed by atoms with Gasteiger partial charge in [0.15, 0.2) is 0 Å². The van der Waals surface area contributed by atoms with E-state index in [0.717, 1.165) is 24.2 Å². The van der Waals surface area contributed by atoms with Crippen molar-refractivity contribution in [3.8, 4) is 5.69 Å². The molecule has 2 aromatic rings. The molecular formula is C15H19FN2O. The Hall–Kier alpha value is -1.68. The number of halogens is 1. The summed E-state index contributed by atoms with van der Waals surface area (Å²) in [7, 11) is 0. The quantitative estimate of drug-likeness (QED) is 0.919. The standard InChI is InChI=1S/C15H19FN2O/c1-4-11-9-12(5-2)18(17-11)14-8-6-7-13(16)15(14)10(3)19/h6-10,19H,4-5H2,1-3H3. The summed E-state index contributed by atoms with van der Waals surface area (Å²) in [6.07, 6.45) is 0.775. The third-order valence-electron chi connectivity index (χ3n) is 3.23. The lowest BCUT2D eigenvalue weighted by Gasteiger charge is -2.14. The normalized spacial score (nSPS) is 12.7. The summed E-state index contributed by atoms with van der Waals surface area (Å²) in [5.41, 5.74) is 2.90. The van der Waals surface area contributed by atoms with Crippen LogP contribution in [-0.4, -0.2) is 14.9 Å². The summed E-state index contributed by atoms with van der Waals surface area (Å²) in [5, 5.41) is 14.3. The van der Waals surface area contributed by atoms with Crippen LogP contribution in [0, 0.1) is 5.82 Å². The van der Waals surface area contributed by atoms with Crippen LogP contribution in [0.15, 0.2) is 24.3 Å². The third kappa shape index (κ3) is 2.54. The first-order valence-electron chi connectivity index (χ1n) is 6.63. The Kier molecular flexibility index (Phi) is 4.00. The fraction of sp³-hybridized carbons (Fsp3) is 0.400. The first-order chi connectivity index (χ1) is 9.08. The average Bonchev–Trinajstić information content (AvgIpc) is 2.81. The van der Waals surface area contributed by atoms with Crippen molar-refractivity contribution in [1.29, 1.82) is 0 Å². The van der Waals surface area contributed by atoms with Gasteiger partial charge in [-0.15, -0.1) is 0 Å². The second-order valence-electron chi connectivity index (χ2n) is 4.59. The van der Waals surface area contributed by atoms with E-state index in [-0.39, 0.29) is 0 Å². The zero-order valence-electron chi connectivity index (χ0n) is 11.5. The molecule has 102 valence electrons. The largest absolute Gasteiger partial charge is 0.389 e. The highest BCUT2D eigenvalue weighted by molar-refractivity contribution is 5.44. The molecule has 0 bridgehead atoms. The minimum Gasteiger partial charge on any atom is -0.389 e. The highest BCUT2D eigenvalue weighted by Gasteiger charge is 2.17. The predicted octanol–water partition coefficient (Wildman–Crippen LogP) is 3.19. The zero-order chi connectivity index (χ0) is 14.0. The first-order valence-corrected chi connectivity index (χ1v) is 6.63. The Morgan fingerprint density at radius 1 is 1.32 bits per heavy atom. The van der Waals surface area contributed by atoms with Gasteiger partial charge >= 0.3 is 0 Å². The van der Waals surface area contributed by atoms with Gasteiger partial charge in [-0.25, -0.2) is 9.07 Å². The van der Waals surface area contributed by atoms with Crippen LogP contribution in [0.3, 0.4) is 0 Å². The Morgan fingerprint density at radius 3 is 2.63 bits per heavy atom. The van der Waals surface area contributed by atoms with E-state index < -0.39 is 11.9 Å². The summed E-state index contributed by atoms with van der Waals surface area (Å²) in [4.78, 5) is 0. The monoisotopic (exact) mass is 262 g/mol. The molecule has 0 spiro atoms. The lowest BCUT2D eigenvalue weighted by Crippen LogP contribution is -2.09. The van der Waals surface area contributed by atoms with E-state index in [2.05, 4.69) is 5.10 Å². The van der Waals surface area contributed by atoms with Crippen molar-refractivity contribution in [3.63, 3.8) is 0 Å². The number of nitrogens with zero attached hydrogens (tertiary/aromatic N) is 2. The van der Waals surface area contributed by atoms with Crippen LogP contribution in [-0.2, 0) is 12.8 Å². The number of aryl methyl sites for hydroxylation is 2. The Bertz CT molecular complexity index is 576. The van der Waals surface area contributed by atoms with Gasteiger partial charge in [-0.3, -0.25) is 0 Å². The second-order valence-corrected chi connectivity index (χ2v) is 4.59. The molecule has 19 heavy (non-hydrogen) atoms. The van der Waals surface area contributed by atoms with Gasteiger partial charge in [0.05, 0.1) is 17.5 Å². The van der Waals surface area contributed by atoms with Crippen LogP contribution in [0.2, 0.25) is 0 Å². The number of hydrogen-bond donors (Lipinski definition) is 1. The van der Waals surface area contributed by atoms with E-state index in [0.29, 0.717) is 11.3 Å². The van der Waals surface area contributed by atoms with Crippen molar-refractivity contribution < 1.29 is 9.50 Å². The van der Waals surface area contributed by atoms with Gasteiger partial charge in [0.2, 0.25) is 0 Å². The van der Waals surface area contributed by atoms with Crippen LogP contribution in [0.1, 0.15) is 43.8 Å². The number of hydrogen-bond acceptors (Lipinski definition) is 2. The Balaban J connectivity index is 2.64. The van der Waals surface area contributed by atoms with E-state index in [9.17, 15) is 9.50 Å². The van der Waals surface area contributed by atoms with E-state index in [1.165, 1.54) is 6.07 Å². The molecule has 0 saturated heterocycles. The van der Waals surface area contributed by atoms with Gasteiger partial charge in [0.25, 0.3) is 0 Å². The molecular weight excluding hydrogens is 243 g/mol. The van der Waals surface area contributed by atoms with Gasteiger partial charge in [0.1, 0.15) is 5.82 Å². The predicted molar refractivity (Wildman–Crippen MR) is 72.9 cm³/mol. The minimum absolute atomic E-state index is 0.294. The van der Waals surface area contributed by atoms with Crippen molar-refractivity contribution >= 4 is 0 Å². The molecule has 0 aliphatic rings. The maximum absolute atomic E-state index is 13.9. The number of benzene rings is 1. The van der Waals surface area contributed by atoms with Crippen molar-refractivity contribution in [3.05, 3.63) is 47.0 Å². The molecule has 4 heteroatoms. The van der Waals surface area contributed by atoms with E-state index in [1.807, 2.05) is 19.9 Å². The zero-order valence-corrected chi connectivity index (χ0v) is 11.5. The molecule has 1 heterocycles. The van der Waals surface area contributed by atoms with Gasteiger partial charge < -0.3 is 5.11 Å². The molecule has 1 aromatic carbocycles. The third-order valence-corrected chi connectivity index (χ3v) is 3.23. The number of aliphatic hydroxyl groups is 1. The summed E-state index contributed by atoms with van der Waals surface area (Å²) >= 11 is 0. The van der Waals surface area contributed by atoms with Crippen LogP contribution in [0.25, 0.3) is 5.69 Å². The van der Waals surface area contributed by atoms with Crippen LogP contribution in [0.4, 0.5) is 4.39 Å². The highest BCUT2D eigenvalue weighted by Crippen LogP contribution is 2.26. The molecule has 2 rings (SSSR count). The number of aliphatic hydroxyl groups excluding tert-OH is 1. The fourth-order valence-corrected chi connectivity index (χ4v) is 2.23. The van der Waals surface area contributed by atoms with Crippen molar-refractivity contribution in [2.75, 3.05) is 0 Å². The topological polar surface area (TPSA) is 38.0 Å². The molecule has 0 aliphatic heterocycles.